The lowest BCUT2D eigenvalue weighted by Crippen LogP contribution is -2.30. The Bertz CT molecular complexity index is 2170. The lowest BCUT2D eigenvalue weighted by Gasteiger charge is -2.21. The standard InChI is InChI=1S/C83H152O17P2/c1-5-9-13-17-21-25-29-33-37-38-42-44-48-52-56-60-64-68-81(86)94-74-79(100-83(88)70-66-62-58-54-50-46-41-36-32-28-24-20-16-12-8-4)76-98-102(91,92)96-72-77(84)71-95-101(89,90)97-75-78(99-82(87)69-65-61-57-53-49-45-40-35-31-27-23-19-15-11-7-3)73-93-80(85)67-63-59-55-51-47-43-39-34-30-26-22-18-14-10-6-2/h24,26-28,30-31,33,36-37,41,77-79,84H,5-23,25,29,32,34-35,38-40,42-76H2,1-4H3,(H,89,90)(H,91,92). The summed E-state index contributed by atoms with van der Waals surface area (Å²) in [5.74, 6) is -2.17. The van der Waals surface area contributed by atoms with E-state index in [2.05, 4.69) is 88.5 Å². The highest BCUT2D eigenvalue weighted by atomic mass is 31.2. The fraction of sp³-hybridized carbons (Fsp3) is 0.831. The molecule has 0 rings (SSSR count). The molecule has 3 N–H and O–H groups in total. The maximum Gasteiger partial charge on any atom is 0.472 e. The van der Waals surface area contributed by atoms with Crippen molar-refractivity contribution < 1.29 is 80.2 Å². The summed E-state index contributed by atoms with van der Waals surface area (Å²) in [6.45, 7) is 4.87. The van der Waals surface area contributed by atoms with Gasteiger partial charge < -0.3 is 33.8 Å². The molecule has 0 aliphatic carbocycles. The number of esters is 4. The van der Waals surface area contributed by atoms with E-state index in [0.29, 0.717) is 25.7 Å². The van der Waals surface area contributed by atoms with Crippen molar-refractivity contribution in [1.82, 2.24) is 0 Å². The van der Waals surface area contributed by atoms with Crippen molar-refractivity contribution in [2.75, 3.05) is 39.6 Å². The summed E-state index contributed by atoms with van der Waals surface area (Å²) < 4.78 is 68.7. The Hall–Kier alpha value is -3.24. The molecule has 0 saturated carbocycles. The van der Waals surface area contributed by atoms with Crippen LogP contribution in [0.5, 0.6) is 0 Å². The third-order valence-corrected chi connectivity index (χ3v) is 19.8. The number of carbonyl (C=O) groups excluding carboxylic acids is 4. The van der Waals surface area contributed by atoms with Crippen LogP contribution >= 0.6 is 15.6 Å². The number of phosphoric acid groups is 2. The first-order valence-corrected chi connectivity index (χ1v) is 44.5. The van der Waals surface area contributed by atoms with Crippen molar-refractivity contribution in [3.8, 4) is 0 Å². The topological polar surface area (TPSA) is 237 Å². The van der Waals surface area contributed by atoms with Gasteiger partial charge in [-0.15, -0.1) is 0 Å². The van der Waals surface area contributed by atoms with E-state index in [4.69, 9.17) is 37.0 Å². The fourth-order valence-electron chi connectivity index (χ4n) is 11.5. The molecule has 0 radical (unpaired) electrons. The van der Waals surface area contributed by atoms with Crippen LogP contribution in [-0.2, 0) is 65.4 Å². The number of unbranched alkanes of at least 4 members (excludes halogenated alkanes) is 43. The van der Waals surface area contributed by atoms with Gasteiger partial charge in [-0.3, -0.25) is 37.3 Å². The van der Waals surface area contributed by atoms with Crippen LogP contribution in [0.25, 0.3) is 0 Å². The van der Waals surface area contributed by atoms with E-state index in [-0.39, 0.29) is 25.7 Å². The fourth-order valence-corrected chi connectivity index (χ4v) is 13.1. The van der Waals surface area contributed by atoms with Crippen molar-refractivity contribution in [2.45, 2.75) is 406 Å². The van der Waals surface area contributed by atoms with Gasteiger partial charge in [0.2, 0.25) is 0 Å². The Balaban J connectivity index is 5.34. The Kier molecular flexibility index (Phi) is 73.6. The summed E-state index contributed by atoms with van der Waals surface area (Å²) in [4.78, 5) is 73.1. The van der Waals surface area contributed by atoms with Crippen LogP contribution in [0.15, 0.2) is 60.8 Å². The van der Waals surface area contributed by atoms with Gasteiger partial charge in [-0.25, -0.2) is 9.13 Å². The summed E-state index contributed by atoms with van der Waals surface area (Å²) in [6.07, 6.45) is 76.1. The summed E-state index contributed by atoms with van der Waals surface area (Å²) in [5, 5.41) is 10.6. The molecule has 0 spiro atoms. The van der Waals surface area contributed by atoms with Crippen LogP contribution in [0.4, 0.5) is 0 Å². The van der Waals surface area contributed by atoms with Gasteiger partial charge in [0.05, 0.1) is 26.4 Å². The second-order valence-corrected chi connectivity index (χ2v) is 31.0. The van der Waals surface area contributed by atoms with Gasteiger partial charge in [0, 0.05) is 25.7 Å². The van der Waals surface area contributed by atoms with Crippen LogP contribution in [0.1, 0.15) is 387 Å². The molecular formula is C83H152O17P2. The molecule has 596 valence electrons. The maximum absolute atomic E-state index is 13.1. The van der Waals surface area contributed by atoms with Crippen molar-refractivity contribution in [3.05, 3.63) is 60.8 Å². The Morgan fingerprint density at radius 3 is 0.765 bits per heavy atom. The van der Waals surface area contributed by atoms with Crippen LogP contribution in [0.2, 0.25) is 0 Å². The quantitative estimate of drug-likeness (QED) is 0.0169. The van der Waals surface area contributed by atoms with E-state index >= 15 is 0 Å². The zero-order chi connectivity index (χ0) is 74.6. The van der Waals surface area contributed by atoms with Gasteiger partial charge in [0.15, 0.2) is 12.2 Å². The molecular weight excluding hydrogens is 1330 g/mol. The Morgan fingerprint density at radius 1 is 0.275 bits per heavy atom. The van der Waals surface area contributed by atoms with E-state index in [1.54, 1.807) is 0 Å². The SMILES string of the molecule is CCCCCC=CCC=CCCCCCCCC(=O)OC(COC(=O)CCCCCCCCCC=CCCCCCCCC)COP(=O)(O)OCC(O)COP(=O)(O)OCC(COC(=O)CCCCCCCCCC=CCCCCCC)OC(=O)CCCCCCCCCC=CCCCCCC. The average Bonchev–Trinajstić information content (AvgIpc) is 0.919. The first-order chi connectivity index (χ1) is 49.7. The van der Waals surface area contributed by atoms with Crippen molar-refractivity contribution in [1.29, 1.82) is 0 Å². The number of aliphatic hydroxyl groups excluding tert-OH is 1. The highest BCUT2D eigenvalue weighted by Crippen LogP contribution is 2.45. The van der Waals surface area contributed by atoms with E-state index < -0.39 is 97.5 Å². The van der Waals surface area contributed by atoms with Crippen LogP contribution in [0.3, 0.4) is 0 Å². The largest absolute Gasteiger partial charge is 0.472 e. The monoisotopic (exact) mass is 1480 g/mol. The van der Waals surface area contributed by atoms with E-state index in [1.165, 1.54) is 141 Å². The molecule has 0 fully saturated rings. The maximum atomic E-state index is 13.1. The minimum Gasteiger partial charge on any atom is -0.462 e. The average molecular weight is 1480 g/mol. The number of rotatable bonds is 79. The number of carbonyl (C=O) groups is 4. The minimum absolute atomic E-state index is 0.0822. The van der Waals surface area contributed by atoms with Gasteiger partial charge in [-0.05, 0) is 135 Å². The number of hydrogen-bond acceptors (Lipinski definition) is 15. The number of phosphoric ester groups is 2. The third kappa shape index (κ3) is 75.0. The van der Waals surface area contributed by atoms with Gasteiger partial charge in [0.25, 0.3) is 0 Å². The van der Waals surface area contributed by atoms with Gasteiger partial charge in [-0.1, -0.05) is 288 Å². The zero-order valence-corrected chi connectivity index (χ0v) is 67.1. The molecule has 19 heteroatoms. The summed E-state index contributed by atoms with van der Waals surface area (Å²) >= 11 is 0. The molecule has 17 nitrogen and oxygen atoms in total. The van der Waals surface area contributed by atoms with Crippen molar-refractivity contribution >= 4 is 39.5 Å². The third-order valence-electron chi connectivity index (χ3n) is 17.9. The van der Waals surface area contributed by atoms with Crippen molar-refractivity contribution in [2.24, 2.45) is 0 Å². The number of aliphatic hydroxyl groups is 1. The van der Waals surface area contributed by atoms with E-state index in [0.717, 1.165) is 167 Å². The molecule has 0 saturated heterocycles. The van der Waals surface area contributed by atoms with Gasteiger partial charge in [0.1, 0.15) is 19.3 Å². The molecule has 0 bridgehead atoms. The van der Waals surface area contributed by atoms with Crippen LogP contribution in [0, 0.1) is 0 Å². The van der Waals surface area contributed by atoms with Gasteiger partial charge >= 0.3 is 39.5 Å². The minimum atomic E-state index is -4.98. The first kappa shape index (κ1) is 98.8. The molecule has 5 atom stereocenters. The van der Waals surface area contributed by atoms with Gasteiger partial charge in [-0.2, -0.15) is 0 Å². The number of ether oxygens (including phenoxy) is 4. The number of hydrogen-bond donors (Lipinski definition) is 3. The lowest BCUT2D eigenvalue weighted by molar-refractivity contribution is -0.161. The molecule has 0 heterocycles. The highest BCUT2D eigenvalue weighted by Gasteiger charge is 2.30. The summed E-state index contributed by atoms with van der Waals surface area (Å²) in [5.41, 5.74) is 0. The molecule has 0 aliphatic heterocycles. The second-order valence-electron chi connectivity index (χ2n) is 28.1. The number of allylic oxidation sites excluding steroid dienone is 10. The molecule has 102 heavy (non-hydrogen) atoms. The Labute approximate surface area is 622 Å². The van der Waals surface area contributed by atoms with E-state index in [1.807, 2.05) is 0 Å². The normalized spacial score (nSPS) is 14.1. The summed E-state index contributed by atoms with van der Waals surface area (Å²) in [6, 6.07) is 0. The van der Waals surface area contributed by atoms with Crippen LogP contribution in [-0.4, -0.2) is 96.7 Å². The summed E-state index contributed by atoms with van der Waals surface area (Å²) in [7, 11) is -9.95. The van der Waals surface area contributed by atoms with Crippen molar-refractivity contribution in [3.63, 3.8) is 0 Å². The molecule has 0 amide bonds. The Morgan fingerprint density at radius 2 is 0.480 bits per heavy atom. The zero-order valence-electron chi connectivity index (χ0n) is 65.3. The first-order valence-electron chi connectivity index (χ1n) is 41.5. The lowest BCUT2D eigenvalue weighted by atomic mass is 10.1. The van der Waals surface area contributed by atoms with Crippen LogP contribution < -0.4 is 0 Å². The predicted octanol–water partition coefficient (Wildman–Crippen LogP) is 24.2. The smallest absolute Gasteiger partial charge is 0.462 e. The highest BCUT2D eigenvalue weighted by molar-refractivity contribution is 7.47. The molecule has 5 unspecified atom stereocenters. The van der Waals surface area contributed by atoms with E-state index in [9.17, 15) is 43.2 Å². The molecule has 0 aromatic heterocycles. The molecule has 0 aromatic carbocycles. The predicted molar refractivity (Wildman–Crippen MR) is 418 cm³/mol. The second kappa shape index (κ2) is 76.0. The molecule has 0 aliphatic rings. The molecule has 0 aromatic rings.